The van der Waals surface area contributed by atoms with Gasteiger partial charge < -0.3 is 9.47 Å². The number of carbonyl (C=O) groups is 2. The molecule has 0 N–H and O–H groups in total. The highest BCUT2D eigenvalue weighted by atomic mass is 16.5. The molecule has 218 valence electrons. The smallest absolute Gasteiger partial charge is 0.257 e. The van der Waals surface area contributed by atoms with Crippen molar-refractivity contribution >= 4 is 56.1 Å². The van der Waals surface area contributed by atoms with Gasteiger partial charge in [0.25, 0.3) is 11.8 Å². The number of hydrogen-bond acceptors (Lipinski definition) is 4. The van der Waals surface area contributed by atoms with E-state index in [-0.39, 0.29) is 38.2 Å². The highest BCUT2D eigenvalue weighted by molar-refractivity contribution is 6.04. The van der Waals surface area contributed by atoms with Crippen LogP contribution in [0.4, 0.5) is 22.7 Å². The Morgan fingerprint density at radius 2 is 0.773 bits per heavy atom. The van der Waals surface area contributed by atoms with E-state index in [0.717, 1.165) is 44.3 Å². The van der Waals surface area contributed by atoms with Gasteiger partial charge in [-0.25, -0.2) is 0 Å². The van der Waals surface area contributed by atoms with Crippen molar-refractivity contribution in [2.75, 3.05) is 36.2 Å². The molecular weight excluding hydrogens is 548 g/mol. The number of anilines is 4. The molecule has 0 aromatic heterocycles. The summed E-state index contributed by atoms with van der Waals surface area (Å²) in [6.45, 7) is 0.0693. The first-order valence-corrected chi connectivity index (χ1v) is 14.6. The zero-order valence-corrected chi connectivity index (χ0v) is 24.2. The fourth-order valence-electron chi connectivity index (χ4n) is 5.23. The minimum atomic E-state index is -0.200. The number of para-hydroxylation sites is 2. The highest BCUT2D eigenvalue weighted by Crippen LogP contribution is 2.30. The summed E-state index contributed by atoms with van der Waals surface area (Å²) >= 11 is 0. The lowest BCUT2D eigenvalue weighted by Crippen LogP contribution is -2.31. The molecule has 6 aromatic carbocycles. The van der Waals surface area contributed by atoms with E-state index in [1.54, 1.807) is 9.80 Å². The maximum atomic E-state index is 13.4. The minimum absolute atomic E-state index is 0.133. The van der Waals surface area contributed by atoms with E-state index in [9.17, 15) is 9.59 Å². The number of carbonyl (C=O) groups excluding carboxylic acids is 2. The molecule has 0 atom stereocenters. The predicted octanol–water partition coefficient (Wildman–Crippen LogP) is 8.06. The van der Waals surface area contributed by atoms with Gasteiger partial charge in [-0.15, -0.1) is 0 Å². The monoisotopic (exact) mass is 580 g/mol. The molecular formula is C38H32N2O4. The van der Waals surface area contributed by atoms with Gasteiger partial charge in [0.2, 0.25) is 0 Å². The maximum absolute atomic E-state index is 13.4. The SMILES string of the molecule is O=C(COCCOCC(=O)N(c1ccccc1)c1ccc2ccccc2c1)N(c1ccccc1)c1ccc2ccccc2c1. The molecule has 0 aliphatic rings. The van der Waals surface area contributed by atoms with Crippen LogP contribution in [0.15, 0.2) is 146 Å². The zero-order chi connectivity index (χ0) is 30.1. The predicted molar refractivity (Wildman–Crippen MR) is 177 cm³/mol. The van der Waals surface area contributed by atoms with Gasteiger partial charge in [0.05, 0.1) is 13.2 Å². The van der Waals surface area contributed by atoms with Crippen molar-refractivity contribution in [2.24, 2.45) is 0 Å². The Kier molecular flexibility index (Phi) is 9.02. The van der Waals surface area contributed by atoms with Crippen molar-refractivity contribution in [3.8, 4) is 0 Å². The molecule has 0 radical (unpaired) electrons. The molecule has 0 saturated heterocycles. The highest BCUT2D eigenvalue weighted by Gasteiger charge is 2.20. The summed E-state index contributed by atoms with van der Waals surface area (Å²) < 4.78 is 11.5. The van der Waals surface area contributed by atoms with Crippen LogP contribution in [0.25, 0.3) is 21.5 Å². The van der Waals surface area contributed by atoms with Gasteiger partial charge in [-0.3, -0.25) is 19.4 Å². The van der Waals surface area contributed by atoms with Crippen molar-refractivity contribution in [3.63, 3.8) is 0 Å². The van der Waals surface area contributed by atoms with E-state index in [1.165, 1.54) is 0 Å². The third kappa shape index (κ3) is 6.68. The molecule has 0 unspecified atom stereocenters. The van der Waals surface area contributed by atoms with Crippen LogP contribution < -0.4 is 9.80 Å². The second-order valence-electron chi connectivity index (χ2n) is 10.3. The Hall–Kier alpha value is -5.30. The lowest BCUT2D eigenvalue weighted by molar-refractivity contribution is -0.125. The Morgan fingerprint density at radius 3 is 1.18 bits per heavy atom. The molecule has 6 nitrogen and oxygen atoms in total. The minimum Gasteiger partial charge on any atom is -0.369 e. The van der Waals surface area contributed by atoms with Crippen molar-refractivity contribution in [1.29, 1.82) is 0 Å². The second kappa shape index (κ2) is 13.8. The summed E-state index contributed by atoms with van der Waals surface area (Å²) in [6, 6.07) is 47.0. The summed E-state index contributed by atoms with van der Waals surface area (Å²) in [4.78, 5) is 30.2. The van der Waals surface area contributed by atoms with Crippen molar-refractivity contribution in [3.05, 3.63) is 146 Å². The average Bonchev–Trinajstić information content (AvgIpc) is 3.07. The lowest BCUT2D eigenvalue weighted by atomic mass is 10.1. The van der Waals surface area contributed by atoms with Crippen LogP contribution in [0.2, 0.25) is 0 Å². The molecule has 0 spiro atoms. The summed E-state index contributed by atoms with van der Waals surface area (Å²) in [7, 11) is 0. The molecule has 2 amide bonds. The quantitative estimate of drug-likeness (QED) is 0.146. The van der Waals surface area contributed by atoms with Crippen LogP contribution in [0.1, 0.15) is 0 Å². The number of nitrogens with zero attached hydrogens (tertiary/aromatic N) is 2. The first-order valence-electron chi connectivity index (χ1n) is 14.6. The van der Waals surface area contributed by atoms with Gasteiger partial charge in [0, 0.05) is 22.7 Å². The largest absolute Gasteiger partial charge is 0.369 e. The number of rotatable bonds is 11. The first-order chi connectivity index (χ1) is 21.7. The van der Waals surface area contributed by atoms with Gasteiger partial charge in [0.15, 0.2) is 0 Å². The average molecular weight is 581 g/mol. The van der Waals surface area contributed by atoms with Gasteiger partial charge in [0.1, 0.15) is 13.2 Å². The molecule has 6 heteroatoms. The van der Waals surface area contributed by atoms with Gasteiger partial charge in [-0.1, -0.05) is 97.1 Å². The van der Waals surface area contributed by atoms with Crippen molar-refractivity contribution in [2.45, 2.75) is 0 Å². The molecule has 0 bridgehead atoms. The number of hydrogen-bond donors (Lipinski definition) is 0. The van der Waals surface area contributed by atoms with Gasteiger partial charge in [-0.2, -0.15) is 0 Å². The number of ether oxygens (including phenoxy) is 2. The molecule has 0 aliphatic carbocycles. The number of amides is 2. The topological polar surface area (TPSA) is 59.1 Å². The van der Waals surface area contributed by atoms with Crippen LogP contribution in [0, 0.1) is 0 Å². The normalized spacial score (nSPS) is 11.0. The van der Waals surface area contributed by atoms with E-state index in [2.05, 4.69) is 0 Å². The van der Waals surface area contributed by atoms with E-state index in [4.69, 9.17) is 9.47 Å². The Balaban J connectivity index is 1.07. The molecule has 0 heterocycles. The van der Waals surface area contributed by atoms with E-state index in [1.807, 2.05) is 146 Å². The third-order valence-corrected chi connectivity index (χ3v) is 7.33. The molecule has 0 aliphatic heterocycles. The van der Waals surface area contributed by atoms with Gasteiger partial charge >= 0.3 is 0 Å². The summed E-state index contributed by atoms with van der Waals surface area (Å²) in [5, 5.41) is 4.30. The molecule has 44 heavy (non-hydrogen) atoms. The number of fused-ring (bicyclic) bond motifs is 2. The molecule has 6 aromatic rings. The Labute approximate surface area is 256 Å². The van der Waals surface area contributed by atoms with Crippen LogP contribution in [0.3, 0.4) is 0 Å². The van der Waals surface area contributed by atoms with E-state index < -0.39 is 0 Å². The Bertz CT molecular complexity index is 1740. The standard InChI is InChI=1S/C38H32N2O4/c41-37(39(33-15-3-1-4-16-33)35-21-19-29-11-7-9-13-31(29)25-35)27-43-23-24-44-28-38(42)40(34-17-5-2-6-18-34)36-22-20-30-12-8-10-14-32(30)26-36/h1-22,25-26H,23-24,27-28H2. The van der Waals surface area contributed by atoms with Crippen LogP contribution >= 0.6 is 0 Å². The Morgan fingerprint density at radius 1 is 0.409 bits per heavy atom. The molecule has 6 rings (SSSR count). The van der Waals surface area contributed by atoms with Crippen LogP contribution in [-0.4, -0.2) is 38.2 Å². The van der Waals surface area contributed by atoms with E-state index in [0.29, 0.717) is 0 Å². The second-order valence-corrected chi connectivity index (χ2v) is 10.3. The fraction of sp³-hybridized carbons (Fsp3) is 0.105. The molecule has 0 fully saturated rings. The van der Waals surface area contributed by atoms with Gasteiger partial charge in [-0.05, 0) is 70.1 Å². The van der Waals surface area contributed by atoms with Crippen LogP contribution in [0.5, 0.6) is 0 Å². The molecule has 0 saturated carbocycles. The zero-order valence-electron chi connectivity index (χ0n) is 24.2. The summed E-state index contributed by atoms with van der Waals surface area (Å²) in [5.74, 6) is -0.400. The summed E-state index contributed by atoms with van der Waals surface area (Å²) in [5.41, 5.74) is 3.04. The van der Waals surface area contributed by atoms with E-state index >= 15 is 0 Å². The fourth-order valence-corrected chi connectivity index (χ4v) is 5.23. The van der Waals surface area contributed by atoms with Crippen LogP contribution in [-0.2, 0) is 19.1 Å². The van der Waals surface area contributed by atoms with Crippen molar-refractivity contribution < 1.29 is 19.1 Å². The summed E-state index contributed by atoms with van der Waals surface area (Å²) in [6.07, 6.45) is 0. The third-order valence-electron chi connectivity index (χ3n) is 7.33. The maximum Gasteiger partial charge on any atom is 0.257 e. The lowest BCUT2D eigenvalue weighted by Gasteiger charge is -2.24. The first kappa shape index (κ1) is 28.8. The van der Waals surface area contributed by atoms with Crippen molar-refractivity contribution in [1.82, 2.24) is 0 Å². The number of benzene rings is 6.